The van der Waals surface area contributed by atoms with Crippen LogP contribution >= 0.6 is 11.6 Å². The molecular weight excluding hydrogens is 350 g/mol. The summed E-state index contributed by atoms with van der Waals surface area (Å²) in [5.41, 5.74) is 0.838. The summed E-state index contributed by atoms with van der Waals surface area (Å²) in [7, 11) is 1.24. The topological polar surface area (TPSA) is 82.1 Å². The van der Waals surface area contributed by atoms with Crippen LogP contribution in [0.2, 0.25) is 0 Å². The van der Waals surface area contributed by atoms with Crippen molar-refractivity contribution >= 4 is 30.1 Å². The molecule has 0 aliphatic carbocycles. The number of likely N-dealkylation sites (tertiary alicyclic amines) is 1. The summed E-state index contributed by atoms with van der Waals surface area (Å²) in [6, 6.07) is 8.38. The molecule has 1 aromatic carbocycles. The number of ether oxygens (including phenoxy) is 3. The molecule has 2 atom stereocenters. The van der Waals surface area contributed by atoms with Gasteiger partial charge in [-0.05, 0) is 5.56 Å². The van der Waals surface area contributed by atoms with Crippen LogP contribution in [0.1, 0.15) is 18.9 Å². The predicted octanol–water partition coefficient (Wildman–Crippen LogP) is 2.36. The number of esters is 1. The third kappa shape index (κ3) is 6.62. The first-order chi connectivity index (χ1) is 12.1. The van der Waals surface area contributed by atoms with Crippen LogP contribution in [-0.4, -0.2) is 55.1 Å². The molecule has 1 aliphatic heterocycles. The van der Waals surface area contributed by atoms with Crippen molar-refractivity contribution in [1.29, 1.82) is 0 Å². The highest BCUT2D eigenvalue weighted by Gasteiger charge is 2.42. The van der Waals surface area contributed by atoms with Crippen LogP contribution in [-0.2, 0) is 30.4 Å². The average molecular weight is 372 g/mol. The minimum Gasteiger partial charge on any atom is -0.467 e. The molecule has 25 heavy (non-hydrogen) atoms. The van der Waals surface area contributed by atoms with Crippen molar-refractivity contribution in [3.63, 3.8) is 0 Å². The van der Waals surface area contributed by atoms with E-state index >= 15 is 0 Å². The van der Waals surface area contributed by atoms with E-state index in [0.717, 1.165) is 11.4 Å². The van der Waals surface area contributed by atoms with E-state index in [0.29, 0.717) is 6.47 Å². The number of nitrogens with zero attached hydrogens (tertiary/aromatic N) is 1. The first-order valence-corrected chi connectivity index (χ1v) is 8.31. The summed E-state index contributed by atoms with van der Waals surface area (Å²) in [5.74, 6) is 0.161. The number of hydrogen-bond donors (Lipinski definition) is 0. The molecule has 0 saturated carbocycles. The normalized spacial score (nSPS) is 18.6. The fourth-order valence-corrected chi connectivity index (χ4v) is 2.34. The second-order valence-electron chi connectivity index (χ2n) is 5.09. The molecule has 1 aliphatic rings. The summed E-state index contributed by atoms with van der Waals surface area (Å²) in [5, 5.41) is 0. The molecule has 138 valence electrons. The number of hydrogen-bond acceptors (Lipinski definition) is 6. The van der Waals surface area contributed by atoms with Crippen molar-refractivity contribution in [2.75, 3.05) is 19.5 Å². The third-order valence-corrected chi connectivity index (χ3v) is 3.42. The fraction of sp³-hybridized carbons (Fsp3) is 0.471. The number of benzene rings is 1. The smallest absolute Gasteiger partial charge is 0.410 e. The zero-order valence-electron chi connectivity index (χ0n) is 14.2. The number of rotatable bonds is 5. The number of amides is 1. The van der Waals surface area contributed by atoms with Gasteiger partial charge in [-0.3, -0.25) is 9.69 Å². The number of methoxy groups -OCH3 is 1. The highest BCUT2D eigenvalue weighted by Crippen LogP contribution is 2.22. The highest BCUT2D eigenvalue weighted by atomic mass is 35.5. The van der Waals surface area contributed by atoms with Crippen LogP contribution in [0.3, 0.4) is 0 Å². The van der Waals surface area contributed by atoms with Crippen LogP contribution in [0.5, 0.6) is 0 Å². The summed E-state index contributed by atoms with van der Waals surface area (Å²) >= 11 is 5.00. The Balaban J connectivity index is 0.000000970. The summed E-state index contributed by atoms with van der Waals surface area (Å²) in [6.45, 7) is 2.40. The zero-order valence-corrected chi connectivity index (χ0v) is 15.0. The van der Waals surface area contributed by atoms with E-state index < -0.39 is 24.2 Å². The quantitative estimate of drug-likeness (QED) is 0.342. The van der Waals surface area contributed by atoms with Gasteiger partial charge in [0.2, 0.25) is 0 Å². The van der Waals surface area contributed by atoms with E-state index in [2.05, 4.69) is 4.74 Å². The van der Waals surface area contributed by atoms with Crippen LogP contribution in [0.25, 0.3) is 0 Å². The largest absolute Gasteiger partial charge is 0.467 e. The molecule has 2 rings (SSSR count). The summed E-state index contributed by atoms with van der Waals surface area (Å²) in [4.78, 5) is 35.5. The van der Waals surface area contributed by atoms with Gasteiger partial charge in [0, 0.05) is 12.3 Å². The van der Waals surface area contributed by atoms with E-state index in [1.807, 2.05) is 37.3 Å². The average Bonchev–Trinajstić information content (AvgIpc) is 3.05. The maximum absolute atomic E-state index is 12.2. The van der Waals surface area contributed by atoms with Gasteiger partial charge in [0.15, 0.2) is 0 Å². The molecule has 0 N–H and O–H groups in total. The molecule has 8 heteroatoms. The Kier molecular flexibility index (Phi) is 9.39. The second kappa shape index (κ2) is 11.3. The van der Waals surface area contributed by atoms with E-state index in [1.54, 1.807) is 0 Å². The Morgan fingerprint density at radius 1 is 1.32 bits per heavy atom. The Morgan fingerprint density at radius 3 is 2.52 bits per heavy atom. The Bertz CT molecular complexity index is 553. The van der Waals surface area contributed by atoms with Crippen molar-refractivity contribution in [2.24, 2.45) is 0 Å². The van der Waals surface area contributed by atoms with E-state index in [1.165, 1.54) is 12.0 Å². The van der Waals surface area contributed by atoms with Gasteiger partial charge in [-0.1, -0.05) is 37.3 Å². The third-order valence-electron chi connectivity index (χ3n) is 3.42. The molecule has 0 bridgehead atoms. The van der Waals surface area contributed by atoms with Gasteiger partial charge in [0.05, 0.1) is 13.7 Å². The molecule has 0 spiro atoms. The number of alkyl halides is 1. The van der Waals surface area contributed by atoms with Crippen molar-refractivity contribution in [3.8, 4) is 0 Å². The Labute approximate surface area is 151 Å². The molecule has 0 radical (unpaired) electrons. The van der Waals surface area contributed by atoms with Crippen LogP contribution in [0.4, 0.5) is 4.79 Å². The van der Waals surface area contributed by atoms with Crippen molar-refractivity contribution < 1.29 is 28.6 Å². The SMILES string of the molecule is CCCl.COC(=O)C1CC(OC=O)CN1C(=O)OCc1ccccc1. The lowest BCUT2D eigenvalue weighted by atomic mass is 10.2. The molecule has 1 amide bonds. The van der Waals surface area contributed by atoms with Gasteiger partial charge in [0.25, 0.3) is 6.47 Å². The van der Waals surface area contributed by atoms with E-state index in [-0.39, 0.29) is 19.6 Å². The lowest BCUT2D eigenvalue weighted by molar-refractivity contribution is -0.145. The minimum atomic E-state index is -0.807. The second-order valence-corrected chi connectivity index (χ2v) is 5.62. The lowest BCUT2D eigenvalue weighted by Gasteiger charge is -2.21. The highest BCUT2D eigenvalue weighted by molar-refractivity contribution is 6.17. The van der Waals surface area contributed by atoms with Gasteiger partial charge in [-0.25, -0.2) is 9.59 Å². The molecule has 1 saturated heterocycles. The maximum Gasteiger partial charge on any atom is 0.410 e. The molecule has 1 fully saturated rings. The fourth-order valence-electron chi connectivity index (χ4n) is 2.34. The first-order valence-electron chi connectivity index (χ1n) is 7.77. The van der Waals surface area contributed by atoms with Crippen LogP contribution in [0, 0.1) is 0 Å². The monoisotopic (exact) mass is 371 g/mol. The molecule has 7 nitrogen and oxygen atoms in total. The first kappa shape index (κ1) is 20.8. The predicted molar refractivity (Wildman–Crippen MR) is 91.1 cm³/mol. The van der Waals surface area contributed by atoms with Crippen molar-refractivity contribution in [2.45, 2.75) is 32.1 Å². The van der Waals surface area contributed by atoms with Crippen molar-refractivity contribution in [1.82, 2.24) is 4.90 Å². The number of halogens is 1. The van der Waals surface area contributed by atoms with Gasteiger partial charge < -0.3 is 14.2 Å². The summed E-state index contributed by atoms with van der Waals surface area (Å²) < 4.78 is 14.7. The zero-order chi connectivity index (χ0) is 18.7. The van der Waals surface area contributed by atoms with E-state index in [4.69, 9.17) is 21.1 Å². The van der Waals surface area contributed by atoms with E-state index in [9.17, 15) is 14.4 Å². The molecule has 0 aromatic heterocycles. The molecule has 1 heterocycles. The Hall–Kier alpha value is -2.28. The standard InChI is InChI=1S/C15H17NO6.C2H5Cl/c1-20-14(18)13-7-12(22-10-17)8-16(13)15(19)21-9-11-5-3-2-4-6-11;1-2-3/h2-6,10,12-13H,7-9H2,1H3;2H2,1H3. The summed E-state index contributed by atoms with van der Waals surface area (Å²) in [6.07, 6.45) is -0.978. The van der Waals surface area contributed by atoms with Gasteiger partial charge in [-0.2, -0.15) is 0 Å². The maximum atomic E-state index is 12.2. The minimum absolute atomic E-state index is 0.100. The number of carbonyl (C=O) groups is 3. The molecular formula is C17H22ClNO6. The van der Waals surface area contributed by atoms with Crippen LogP contribution in [0.15, 0.2) is 30.3 Å². The lowest BCUT2D eigenvalue weighted by Crippen LogP contribution is -2.41. The van der Waals surface area contributed by atoms with Crippen molar-refractivity contribution in [3.05, 3.63) is 35.9 Å². The van der Waals surface area contributed by atoms with Crippen LogP contribution < -0.4 is 0 Å². The number of carbonyl (C=O) groups excluding carboxylic acids is 3. The van der Waals surface area contributed by atoms with Gasteiger partial charge in [0.1, 0.15) is 18.8 Å². The molecule has 1 aromatic rings. The Morgan fingerprint density at radius 2 is 1.96 bits per heavy atom. The molecule has 2 unspecified atom stereocenters. The van der Waals surface area contributed by atoms with Gasteiger partial charge in [-0.15, -0.1) is 11.6 Å². The van der Waals surface area contributed by atoms with Gasteiger partial charge >= 0.3 is 12.1 Å².